The minimum absolute atomic E-state index is 0.0275. The summed E-state index contributed by atoms with van der Waals surface area (Å²) in [6.07, 6.45) is 1.78. The average Bonchev–Trinajstić information content (AvgIpc) is 2.17. The summed E-state index contributed by atoms with van der Waals surface area (Å²) in [6, 6.07) is 4.42. The van der Waals surface area contributed by atoms with Crippen LogP contribution >= 0.6 is 27.7 Å². The number of hydrogen-bond donors (Lipinski definition) is 0. The first-order valence-corrected chi connectivity index (χ1v) is 6.22. The van der Waals surface area contributed by atoms with Gasteiger partial charge in [0.25, 0.3) is 0 Å². The molecule has 0 aromatic heterocycles. The lowest BCUT2D eigenvalue weighted by Crippen LogP contribution is -2.10. The predicted molar refractivity (Wildman–Crippen MR) is 60.9 cm³/mol. The van der Waals surface area contributed by atoms with Gasteiger partial charge >= 0.3 is 0 Å². The van der Waals surface area contributed by atoms with E-state index in [1.54, 1.807) is 19.2 Å². The number of thioether (sulfide) groups is 1. The summed E-state index contributed by atoms with van der Waals surface area (Å²) in [5.41, 5.74) is 0.542. The third-order valence-electron chi connectivity index (χ3n) is 1.80. The van der Waals surface area contributed by atoms with E-state index in [9.17, 15) is 9.18 Å². The van der Waals surface area contributed by atoms with Crippen LogP contribution in [0.3, 0.4) is 0 Å². The Hall–Kier alpha value is -0.350. The zero-order chi connectivity index (χ0) is 10.7. The maximum absolute atomic E-state index is 13.1. The van der Waals surface area contributed by atoms with E-state index in [2.05, 4.69) is 15.9 Å². The Bertz CT molecular complexity index is 352. The molecular formula is C10H10BrFOS. The highest BCUT2D eigenvalue weighted by Crippen LogP contribution is 2.21. The van der Waals surface area contributed by atoms with Gasteiger partial charge in [-0.25, -0.2) is 4.39 Å². The fourth-order valence-electron chi connectivity index (χ4n) is 1.04. The summed E-state index contributed by atoms with van der Waals surface area (Å²) in [6.45, 7) is 1.75. The monoisotopic (exact) mass is 276 g/mol. The van der Waals surface area contributed by atoms with Gasteiger partial charge in [0.15, 0.2) is 5.78 Å². The lowest BCUT2D eigenvalue weighted by molar-refractivity contribution is 0.0995. The largest absolute Gasteiger partial charge is 0.293 e. The molecule has 0 aliphatic rings. The van der Waals surface area contributed by atoms with E-state index in [4.69, 9.17) is 0 Å². The van der Waals surface area contributed by atoms with E-state index in [0.717, 1.165) is 0 Å². The Morgan fingerprint density at radius 3 is 2.71 bits per heavy atom. The quantitative estimate of drug-likeness (QED) is 0.478. The van der Waals surface area contributed by atoms with Crippen molar-refractivity contribution in [2.24, 2.45) is 0 Å². The second kappa shape index (κ2) is 4.94. The van der Waals surface area contributed by atoms with E-state index in [-0.39, 0.29) is 16.4 Å². The Morgan fingerprint density at radius 2 is 2.21 bits per heavy atom. The molecule has 0 amide bonds. The van der Waals surface area contributed by atoms with Gasteiger partial charge in [0.2, 0.25) is 0 Å². The van der Waals surface area contributed by atoms with Crippen molar-refractivity contribution >= 4 is 33.5 Å². The van der Waals surface area contributed by atoms with Crippen LogP contribution in [0.1, 0.15) is 17.3 Å². The molecule has 76 valence electrons. The SMILES string of the molecule is CSc1cc(C(=O)C(C)Br)ccc1F. The number of benzene rings is 1. The second-order valence-corrected chi connectivity index (χ2v) is 5.05. The van der Waals surface area contributed by atoms with Crippen molar-refractivity contribution in [2.75, 3.05) is 6.26 Å². The summed E-state index contributed by atoms with van der Waals surface area (Å²) in [5.74, 6) is -0.309. The molecule has 1 atom stereocenters. The Labute approximate surface area is 95.2 Å². The van der Waals surface area contributed by atoms with Crippen molar-refractivity contribution in [3.8, 4) is 0 Å². The summed E-state index contributed by atoms with van der Waals surface area (Å²) in [5, 5.41) is 0. The van der Waals surface area contributed by atoms with E-state index in [1.165, 1.54) is 23.9 Å². The molecule has 0 heterocycles. The molecule has 1 rings (SSSR count). The molecule has 0 spiro atoms. The maximum Gasteiger partial charge on any atom is 0.176 e. The van der Waals surface area contributed by atoms with Crippen LogP contribution < -0.4 is 0 Å². The van der Waals surface area contributed by atoms with E-state index in [1.807, 2.05) is 0 Å². The van der Waals surface area contributed by atoms with Crippen molar-refractivity contribution < 1.29 is 9.18 Å². The van der Waals surface area contributed by atoms with Gasteiger partial charge in [-0.15, -0.1) is 11.8 Å². The van der Waals surface area contributed by atoms with Gasteiger partial charge in [0.1, 0.15) is 5.82 Å². The zero-order valence-electron chi connectivity index (χ0n) is 7.88. The number of carbonyl (C=O) groups is 1. The Balaban J connectivity index is 3.06. The molecule has 0 bridgehead atoms. The van der Waals surface area contributed by atoms with Gasteiger partial charge in [0, 0.05) is 10.5 Å². The highest BCUT2D eigenvalue weighted by atomic mass is 79.9. The van der Waals surface area contributed by atoms with E-state index >= 15 is 0 Å². The first-order chi connectivity index (χ1) is 6.56. The van der Waals surface area contributed by atoms with Gasteiger partial charge < -0.3 is 0 Å². The number of rotatable bonds is 3. The van der Waals surface area contributed by atoms with Crippen LogP contribution in [0.4, 0.5) is 4.39 Å². The number of carbonyl (C=O) groups excluding carboxylic acids is 1. The summed E-state index contributed by atoms with van der Waals surface area (Å²) in [7, 11) is 0. The van der Waals surface area contributed by atoms with Crippen molar-refractivity contribution in [1.29, 1.82) is 0 Å². The standard InChI is InChI=1S/C10H10BrFOS/c1-6(11)10(13)7-3-4-8(12)9(5-7)14-2/h3-6H,1-2H3. The normalized spacial score (nSPS) is 12.6. The molecule has 0 aliphatic heterocycles. The molecule has 0 aliphatic carbocycles. The molecule has 0 saturated heterocycles. The van der Waals surface area contributed by atoms with Crippen LogP contribution in [0.15, 0.2) is 23.1 Å². The number of Topliss-reactive ketones (excluding diaryl/α,β-unsaturated/α-hetero) is 1. The lowest BCUT2D eigenvalue weighted by Gasteiger charge is -2.05. The fraction of sp³-hybridized carbons (Fsp3) is 0.300. The molecule has 1 aromatic carbocycles. The molecule has 4 heteroatoms. The molecule has 0 radical (unpaired) electrons. The predicted octanol–water partition coefficient (Wildman–Crippen LogP) is 3.51. The third-order valence-corrected chi connectivity index (χ3v) is 2.97. The van der Waals surface area contributed by atoms with Gasteiger partial charge in [-0.3, -0.25) is 4.79 Å². The van der Waals surface area contributed by atoms with Gasteiger partial charge in [-0.1, -0.05) is 15.9 Å². The number of alkyl halides is 1. The summed E-state index contributed by atoms with van der Waals surface area (Å²) < 4.78 is 13.1. The summed E-state index contributed by atoms with van der Waals surface area (Å²) in [4.78, 5) is 11.8. The number of ketones is 1. The van der Waals surface area contributed by atoms with Crippen molar-refractivity contribution in [1.82, 2.24) is 0 Å². The topological polar surface area (TPSA) is 17.1 Å². The highest BCUT2D eigenvalue weighted by Gasteiger charge is 2.13. The van der Waals surface area contributed by atoms with Crippen molar-refractivity contribution in [2.45, 2.75) is 16.6 Å². The molecule has 1 unspecified atom stereocenters. The molecule has 14 heavy (non-hydrogen) atoms. The van der Waals surface area contributed by atoms with Gasteiger partial charge in [-0.05, 0) is 31.4 Å². The molecule has 1 aromatic rings. The number of halogens is 2. The van der Waals surface area contributed by atoms with Crippen LogP contribution in [0.2, 0.25) is 0 Å². The molecule has 1 nitrogen and oxygen atoms in total. The van der Waals surface area contributed by atoms with Crippen molar-refractivity contribution in [3.63, 3.8) is 0 Å². The number of hydrogen-bond acceptors (Lipinski definition) is 2. The first-order valence-electron chi connectivity index (χ1n) is 4.08. The van der Waals surface area contributed by atoms with Crippen LogP contribution in [0.5, 0.6) is 0 Å². The second-order valence-electron chi connectivity index (χ2n) is 2.83. The third kappa shape index (κ3) is 2.58. The minimum atomic E-state index is -0.281. The van der Waals surface area contributed by atoms with Gasteiger partial charge in [0.05, 0.1) is 4.83 Å². The van der Waals surface area contributed by atoms with E-state index in [0.29, 0.717) is 10.5 Å². The zero-order valence-corrected chi connectivity index (χ0v) is 10.3. The molecule has 0 N–H and O–H groups in total. The summed E-state index contributed by atoms with van der Waals surface area (Å²) >= 11 is 4.49. The van der Waals surface area contributed by atoms with Crippen LogP contribution in [-0.2, 0) is 0 Å². The van der Waals surface area contributed by atoms with Crippen LogP contribution in [0.25, 0.3) is 0 Å². The molecule has 0 fully saturated rings. The Kier molecular flexibility index (Phi) is 4.13. The van der Waals surface area contributed by atoms with Crippen LogP contribution in [0, 0.1) is 5.82 Å². The van der Waals surface area contributed by atoms with Crippen LogP contribution in [-0.4, -0.2) is 16.9 Å². The van der Waals surface area contributed by atoms with Gasteiger partial charge in [-0.2, -0.15) is 0 Å². The highest BCUT2D eigenvalue weighted by molar-refractivity contribution is 9.10. The minimum Gasteiger partial charge on any atom is -0.293 e. The average molecular weight is 277 g/mol. The molecule has 0 saturated carbocycles. The van der Waals surface area contributed by atoms with E-state index < -0.39 is 0 Å². The fourth-order valence-corrected chi connectivity index (χ4v) is 1.81. The molecular weight excluding hydrogens is 267 g/mol. The smallest absolute Gasteiger partial charge is 0.176 e. The van der Waals surface area contributed by atoms with Crippen molar-refractivity contribution in [3.05, 3.63) is 29.6 Å². The first kappa shape index (κ1) is 11.7. The lowest BCUT2D eigenvalue weighted by atomic mass is 10.1. The maximum atomic E-state index is 13.1. The Morgan fingerprint density at radius 1 is 1.57 bits per heavy atom.